The van der Waals surface area contributed by atoms with Crippen molar-refractivity contribution in [2.75, 3.05) is 0 Å². The van der Waals surface area contributed by atoms with E-state index in [1.807, 2.05) is 11.3 Å². The van der Waals surface area contributed by atoms with Gasteiger partial charge >= 0.3 is 0 Å². The SMILES string of the molecule is c1ccc2c(c1)ccc1c2oc2c(-c3ccc4c(c3)sc3c5ccccc5ccc43)ccc(-c3ccc4ccc5cccc6ccc3c4c56)c21. The second-order valence-corrected chi connectivity index (χ2v) is 14.6. The summed E-state index contributed by atoms with van der Waals surface area (Å²) in [5.74, 6) is 0. The second-order valence-electron chi connectivity index (χ2n) is 13.6. The molecular formula is C48H26OS. The molecule has 0 aliphatic rings. The predicted octanol–water partition coefficient (Wildman–Crippen LogP) is 14.5. The molecule has 0 amide bonds. The minimum atomic E-state index is 0.936. The fraction of sp³-hybridized carbons (Fsp3) is 0. The van der Waals surface area contributed by atoms with E-state index in [1.165, 1.54) is 90.7 Å². The van der Waals surface area contributed by atoms with Gasteiger partial charge in [0, 0.05) is 41.9 Å². The fourth-order valence-corrected chi connectivity index (χ4v) is 9.98. The number of thiophene rings is 1. The molecule has 0 saturated carbocycles. The average Bonchev–Trinajstić information content (AvgIpc) is 3.76. The van der Waals surface area contributed by atoms with Gasteiger partial charge in [0.05, 0.1) is 0 Å². The molecule has 12 rings (SSSR count). The minimum absolute atomic E-state index is 0.936. The Morgan fingerprint density at radius 3 is 1.80 bits per heavy atom. The molecule has 10 aromatic carbocycles. The molecule has 0 bridgehead atoms. The van der Waals surface area contributed by atoms with Crippen molar-refractivity contribution in [3.63, 3.8) is 0 Å². The zero-order valence-electron chi connectivity index (χ0n) is 26.8. The van der Waals surface area contributed by atoms with Gasteiger partial charge in [0.15, 0.2) is 0 Å². The summed E-state index contributed by atoms with van der Waals surface area (Å²) in [7, 11) is 0. The van der Waals surface area contributed by atoms with Crippen molar-refractivity contribution in [1.82, 2.24) is 0 Å². The van der Waals surface area contributed by atoms with Gasteiger partial charge in [-0.2, -0.15) is 0 Å². The first-order valence-electron chi connectivity index (χ1n) is 17.2. The normalized spacial score (nSPS) is 12.4. The second kappa shape index (κ2) is 9.69. The topological polar surface area (TPSA) is 13.1 Å². The maximum atomic E-state index is 7.07. The molecule has 0 radical (unpaired) electrons. The molecular weight excluding hydrogens is 625 g/mol. The number of furan rings is 1. The Balaban J connectivity index is 1.17. The van der Waals surface area contributed by atoms with Gasteiger partial charge in [-0.3, -0.25) is 0 Å². The Morgan fingerprint density at radius 1 is 0.340 bits per heavy atom. The fourth-order valence-electron chi connectivity index (χ4n) is 8.70. The van der Waals surface area contributed by atoms with Crippen LogP contribution in [0.3, 0.4) is 0 Å². The van der Waals surface area contributed by atoms with Crippen LogP contribution in [0, 0.1) is 0 Å². The molecule has 0 N–H and O–H groups in total. The van der Waals surface area contributed by atoms with Gasteiger partial charge < -0.3 is 4.42 Å². The molecule has 2 aromatic heterocycles. The van der Waals surface area contributed by atoms with E-state index in [4.69, 9.17) is 4.42 Å². The molecule has 230 valence electrons. The summed E-state index contributed by atoms with van der Waals surface area (Å²) in [6.45, 7) is 0. The van der Waals surface area contributed by atoms with Crippen LogP contribution in [0.2, 0.25) is 0 Å². The number of hydrogen-bond acceptors (Lipinski definition) is 2. The number of rotatable bonds is 2. The van der Waals surface area contributed by atoms with Crippen molar-refractivity contribution in [3.8, 4) is 22.3 Å². The van der Waals surface area contributed by atoms with Crippen LogP contribution in [0.25, 0.3) is 118 Å². The lowest BCUT2D eigenvalue weighted by molar-refractivity contribution is 0.674. The highest BCUT2D eigenvalue weighted by molar-refractivity contribution is 7.26. The third-order valence-corrected chi connectivity index (χ3v) is 12.2. The highest BCUT2D eigenvalue weighted by Gasteiger charge is 2.21. The van der Waals surface area contributed by atoms with E-state index in [0.717, 1.165) is 27.5 Å². The Kier molecular flexibility index (Phi) is 5.18. The van der Waals surface area contributed by atoms with E-state index in [9.17, 15) is 0 Å². The monoisotopic (exact) mass is 650 g/mol. The van der Waals surface area contributed by atoms with Gasteiger partial charge in [0.2, 0.25) is 0 Å². The number of fused-ring (bicyclic) bond motifs is 10. The van der Waals surface area contributed by atoms with Crippen LogP contribution >= 0.6 is 11.3 Å². The summed E-state index contributed by atoms with van der Waals surface area (Å²) in [6.07, 6.45) is 0. The Bertz CT molecular complexity index is 3360. The van der Waals surface area contributed by atoms with Crippen LogP contribution in [0.1, 0.15) is 0 Å². The number of benzene rings is 10. The first kappa shape index (κ1) is 26.7. The lowest BCUT2D eigenvalue weighted by atomic mass is 9.87. The number of hydrogen-bond donors (Lipinski definition) is 0. The molecule has 0 aliphatic carbocycles. The lowest BCUT2D eigenvalue weighted by Crippen LogP contribution is -1.89. The van der Waals surface area contributed by atoms with Gasteiger partial charge in [0.1, 0.15) is 11.2 Å². The highest BCUT2D eigenvalue weighted by atomic mass is 32.1. The molecule has 0 fully saturated rings. The largest absolute Gasteiger partial charge is 0.455 e. The zero-order valence-corrected chi connectivity index (χ0v) is 27.6. The molecule has 0 aliphatic heterocycles. The summed E-state index contributed by atoms with van der Waals surface area (Å²) in [5, 5.41) is 17.6. The Hall–Kier alpha value is -6.22. The Labute approximate surface area is 290 Å². The van der Waals surface area contributed by atoms with E-state index < -0.39 is 0 Å². The maximum absolute atomic E-state index is 7.07. The zero-order chi connectivity index (χ0) is 32.5. The lowest BCUT2D eigenvalue weighted by Gasteiger charge is -2.15. The predicted molar refractivity (Wildman–Crippen MR) is 216 cm³/mol. The van der Waals surface area contributed by atoms with Crippen LogP contribution in [0.5, 0.6) is 0 Å². The van der Waals surface area contributed by atoms with Crippen molar-refractivity contribution >= 4 is 107 Å². The summed E-state index contributed by atoms with van der Waals surface area (Å²) >= 11 is 1.89. The van der Waals surface area contributed by atoms with Crippen molar-refractivity contribution in [2.24, 2.45) is 0 Å². The summed E-state index contributed by atoms with van der Waals surface area (Å²) < 4.78 is 9.71. The van der Waals surface area contributed by atoms with E-state index in [1.54, 1.807) is 0 Å². The Morgan fingerprint density at radius 2 is 0.940 bits per heavy atom. The molecule has 2 heteroatoms. The highest BCUT2D eigenvalue weighted by Crippen LogP contribution is 2.48. The van der Waals surface area contributed by atoms with Crippen molar-refractivity contribution in [2.45, 2.75) is 0 Å². The molecule has 0 saturated heterocycles. The van der Waals surface area contributed by atoms with Crippen LogP contribution in [-0.4, -0.2) is 0 Å². The van der Waals surface area contributed by atoms with E-state index in [-0.39, 0.29) is 0 Å². The van der Waals surface area contributed by atoms with E-state index in [0.29, 0.717) is 0 Å². The van der Waals surface area contributed by atoms with Gasteiger partial charge in [-0.05, 0) is 83.4 Å². The molecule has 2 heterocycles. The van der Waals surface area contributed by atoms with Gasteiger partial charge in [-0.25, -0.2) is 0 Å². The van der Waals surface area contributed by atoms with Crippen molar-refractivity contribution in [3.05, 3.63) is 158 Å². The van der Waals surface area contributed by atoms with E-state index in [2.05, 4.69) is 158 Å². The third-order valence-electron chi connectivity index (χ3n) is 11.0. The van der Waals surface area contributed by atoms with Crippen LogP contribution < -0.4 is 0 Å². The molecule has 0 atom stereocenters. The standard InChI is InChI=1S/C48H26OS/c1-3-10-33-27(6-1)15-23-41-45-39(36-19-16-31-13-12-29-8-5-9-30-17-21-38(36)44(31)43(29)30)25-24-34(47(45)49-46(33)41)32-18-20-37-40-22-14-28-7-2-4-11-35(28)48(40)50-42(37)26-32/h1-26H. The third kappa shape index (κ3) is 3.51. The maximum Gasteiger partial charge on any atom is 0.143 e. The minimum Gasteiger partial charge on any atom is -0.455 e. The summed E-state index contributed by atoms with van der Waals surface area (Å²) in [5.41, 5.74) is 6.60. The van der Waals surface area contributed by atoms with Crippen LogP contribution in [0.15, 0.2) is 162 Å². The summed E-state index contributed by atoms with van der Waals surface area (Å²) in [6, 6.07) is 58.2. The van der Waals surface area contributed by atoms with Gasteiger partial charge in [0.25, 0.3) is 0 Å². The first-order valence-corrected chi connectivity index (χ1v) is 18.0. The van der Waals surface area contributed by atoms with E-state index >= 15 is 0 Å². The summed E-state index contributed by atoms with van der Waals surface area (Å²) in [4.78, 5) is 0. The van der Waals surface area contributed by atoms with Gasteiger partial charge in [-0.15, -0.1) is 11.3 Å². The molecule has 1 nitrogen and oxygen atoms in total. The molecule has 50 heavy (non-hydrogen) atoms. The van der Waals surface area contributed by atoms with Crippen molar-refractivity contribution < 1.29 is 4.42 Å². The molecule has 0 unspecified atom stereocenters. The van der Waals surface area contributed by atoms with Crippen molar-refractivity contribution in [1.29, 1.82) is 0 Å². The smallest absolute Gasteiger partial charge is 0.143 e. The molecule has 0 spiro atoms. The average molecular weight is 651 g/mol. The first-order chi connectivity index (χ1) is 24.8. The van der Waals surface area contributed by atoms with Crippen LogP contribution in [0.4, 0.5) is 0 Å². The van der Waals surface area contributed by atoms with Gasteiger partial charge in [-0.1, -0.05) is 140 Å². The molecule has 12 aromatic rings. The van der Waals surface area contributed by atoms with Crippen LogP contribution in [-0.2, 0) is 0 Å². The quantitative estimate of drug-likeness (QED) is 0.170.